The first-order valence-electron chi connectivity index (χ1n) is 7.60. The average molecular weight is 288 g/mol. The second kappa shape index (κ2) is 7.33. The van der Waals surface area contributed by atoms with Crippen LogP contribution in [0.1, 0.15) is 38.2 Å². The third kappa shape index (κ3) is 4.37. The van der Waals surface area contributed by atoms with Crippen molar-refractivity contribution in [2.75, 3.05) is 20.3 Å². The Bertz CT molecular complexity index is 504. The molecule has 4 heteroatoms. The van der Waals surface area contributed by atoms with Crippen LogP contribution in [0, 0.1) is 16.7 Å². The fourth-order valence-corrected chi connectivity index (χ4v) is 2.30. The Morgan fingerprint density at radius 2 is 2.14 bits per heavy atom. The molecule has 0 aliphatic heterocycles. The van der Waals surface area contributed by atoms with Gasteiger partial charge in [0.05, 0.1) is 19.8 Å². The first-order valence-corrected chi connectivity index (χ1v) is 7.60. The molecule has 0 radical (unpaired) electrons. The van der Waals surface area contributed by atoms with E-state index in [0.29, 0.717) is 13.0 Å². The maximum atomic E-state index is 8.87. The Labute approximate surface area is 127 Å². The number of nitriles is 1. The predicted molar refractivity (Wildman–Crippen MR) is 82.4 cm³/mol. The van der Waals surface area contributed by atoms with E-state index in [1.165, 1.54) is 5.56 Å². The third-order valence-corrected chi connectivity index (χ3v) is 3.93. The lowest BCUT2D eigenvalue weighted by atomic mass is 10.1. The molecule has 0 heterocycles. The summed E-state index contributed by atoms with van der Waals surface area (Å²) in [5.41, 5.74) is 1.26. The molecule has 0 saturated heterocycles. The van der Waals surface area contributed by atoms with Crippen molar-refractivity contribution in [3.05, 3.63) is 23.8 Å². The van der Waals surface area contributed by atoms with Gasteiger partial charge in [0.25, 0.3) is 0 Å². The summed E-state index contributed by atoms with van der Waals surface area (Å²) in [5.74, 6) is 1.53. The number of hydrogen-bond donors (Lipinski definition) is 1. The molecule has 0 unspecified atom stereocenters. The molecule has 1 N–H and O–H groups in total. The molecule has 1 aliphatic rings. The summed E-state index contributed by atoms with van der Waals surface area (Å²) in [5, 5.41) is 12.2. The highest BCUT2D eigenvalue weighted by Crippen LogP contribution is 2.49. The van der Waals surface area contributed by atoms with Crippen molar-refractivity contribution in [1.82, 2.24) is 5.32 Å². The van der Waals surface area contributed by atoms with E-state index in [2.05, 4.69) is 24.4 Å². The molecule has 0 atom stereocenters. The summed E-state index contributed by atoms with van der Waals surface area (Å²) in [6.45, 7) is 4.59. The van der Waals surface area contributed by atoms with E-state index in [0.717, 1.165) is 43.9 Å². The topological polar surface area (TPSA) is 54.3 Å². The summed E-state index contributed by atoms with van der Waals surface area (Å²) in [4.78, 5) is 0. The van der Waals surface area contributed by atoms with Gasteiger partial charge in [-0.2, -0.15) is 5.26 Å². The smallest absolute Gasteiger partial charge is 0.161 e. The van der Waals surface area contributed by atoms with Crippen molar-refractivity contribution in [3.8, 4) is 17.6 Å². The Morgan fingerprint density at radius 1 is 1.33 bits per heavy atom. The summed E-state index contributed by atoms with van der Waals surface area (Å²) < 4.78 is 11.3. The standard InChI is InChI=1S/C17H24N2O2/c1-3-10-19-12-14-4-5-15(20-2)16(11-14)21-13-17(6-7-17)8-9-18/h4-5,11,19H,3,6-8,10,12-13H2,1-2H3. The van der Waals surface area contributed by atoms with Crippen LogP contribution < -0.4 is 14.8 Å². The zero-order valence-corrected chi connectivity index (χ0v) is 12.9. The summed E-state index contributed by atoms with van der Waals surface area (Å²) in [7, 11) is 1.65. The van der Waals surface area contributed by atoms with Gasteiger partial charge in [0.15, 0.2) is 11.5 Å². The lowest BCUT2D eigenvalue weighted by Gasteiger charge is -2.16. The van der Waals surface area contributed by atoms with Crippen molar-refractivity contribution in [2.45, 2.75) is 39.2 Å². The Morgan fingerprint density at radius 3 is 2.76 bits per heavy atom. The quantitative estimate of drug-likeness (QED) is 0.709. The largest absolute Gasteiger partial charge is 0.493 e. The van der Waals surface area contributed by atoms with Gasteiger partial charge in [-0.3, -0.25) is 0 Å². The number of methoxy groups -OCH3 is 1. The van der Waals surface area contributed by atoms with E-state index in [1.54, 1.807) is 7.11 Å². The fourth-order valence-electron chi connectivity index (χ4n) is 2.30. The van der Waals surface area contributed by atoms with Gasteiger partial charge in [-0.05, 0) is 43.5 Å². The number of nitrogens with one attached hydrogen (secondary N) is 1. The molecule has 1 aliphatic carbocycles. The molecule has 2 rings (SSSR count). The molecular weight excluding hydrogens is 264 g/mol. The van der Waals surface area contributed by atoms with Gasteiger partial charge in [-0.15, -0.1) is 0 Å². The second-order valence-corrected chi connectivity index (χ2v) is 5.79. The van der Waals surface area contributed by atoms with Gasteiger partial charge in [0, 0.05) is 18.4 Å². The lowest BCUT2D eigenvalue weighted by Crippen LogP contribution is -2.15. The van der Waals surface area contributed by atoms with Gasteiger partial charge in [0.1, 0.15) is 0 Å². The van der Waals surface area contributed by atoms with Crippen LogP contribution in [0.3, 0.4) is 0 Å². The lowest BCUT2D eigenvalue weighted by molar-refractivity contribution is 0.226. The molecule has 0 bridgehead atoms. The SMILES string of the molecule is CCCNCc1ccc(OC)c(OCC2(CC#N)CC2)c1. The molecule has 1 aromatic carbocycles. The van der Waals surface area contributed by atoms with Crippen LogP contribution in [0.15, 0.2) is 18.2 Å². The molecule has 1 fully saturated rings. The summed E-state index contributed by atoms with van der Waals surface area (Å²) in [6.07, 6.45) is 3.87. The fraction of sp³-hybridized carbons (Fsp3) is 0.588. The van der Waals surface area contributed by atoms with Crippen LogP contribution in [0.25, 0.3) is 0 Å². The van der Waals surface area contributed by atoms with Gasteiger partial charge in [-0.1, -0.05) is 13.0 Å². The zero-order chi connectivity index (χ0) is 15.1. The van der Waals surface area contributed by atoms with Crippen LogP contribution in [0.2, 0.25) is 0 Å². The molecule has 21 heavy (non-hydrogen) atoms. The van der Waals surface area contributed by atoms with E-state index in [9.17, 15) is 0 Å². The number of hydrogen-bond acceptors (Lipinski definition) is 4. The van der Waals surface area contributed by atoms with Crippen LogP contribution in [0.5, 0.6) is 11.5 Å². The van der Waals surface area contributed by atoms with E-state index >= 15 is 0 Å². The maximum absolute atomic E-state index is 8.87. The van der Waals surface area contributed by atoms with Crippen molar-refractivity contribution in [2.24, 2.45) is 5.41 Å². The predicted octanol–water partition coefficient (Wildman–Crippen LogP) is 3.27. The van der Waals surface area contributed by atoms with Gasteiger partial charge in [-0.25, -0.2) is 0 Å². The molecule has 1 aromatic rings. The molecule has 0 spiro atoms. The normalized spacial score (nSPS) is 15.3. The minimum absolute atomic E-state index is 0.0796. The second-order valence-electron chi connectivity index (χ2n) is 5.79. The van der Waals surface area contributed by atoms with Gasteiger partial charge >= 0.3 is 0 Å². The first kappa shape index (κ1) is 15.7. The summed E-state index contributed by atoms with van der Waals surface area (Å²) >= 11 is 0. The molecule has 0 amide bonds. The highest BCUT2D eigenvalue weighted by Gasteiger charge is 2.43. The van der Waals surface area contributed by atoms with E-state index in [-0.39, 0.29) is 5.41 Å². The monoisotopic (exact) mass is 288 g/mol. The highest BCUT2D eigenvalue weighted by molar-refractivity contribution is 5.43. The number of ether oxygens (including phenoxy) is 2. The molecule has 114 valence electrons. The minimum atomic E-state index is 0.0796. The Balaban J connectivity index is 1.99. The van der Waals surface area contributed by atoms with E-state index < -0.39 is 0 Å². The molecule has 1 saturated carbocycles. The van der Waals surface area contributed by atoms with Crippen LogP contribution >= 0.6 is 0 Å². The van der Waals surface area contributed by atoms with E-state index in [4.69, 9.17) is 14.7 Å². The van der Waals surface area contributed by atoms with Crippen LogP contribution in [0.4, 0.5) is 0 Å². The molecule has 0 aromatic heterocycles. The first-order chi connectivity index (χ1) is 10.2. The molecule has 4 nitrogen and oxygen atoms in total. The zero-order valence-electron chi connectivity index (χ0n) is 12.9. The summed E-state index contributed by atoms with van der Waals surface area (Å²) in [6, 6.07) is 8.29. The Kier molecular flexibility index (Phi) is 5.46. The van der Waals surface area contributed by atoms with Gasteiger partial charge < -0.3 is 14.8 Å². The van der Waals surface area contributed by atoms with Crippen molar-refractivity contribution in [1.29, 1.82) is 5.26 Å². The molecular formula is C17H24N2O2. The van der Waals surface area contributed by atoms with Crippen molar-refractivity contribution in [3.63, 3.8) is 0 Å². The number of nitrogens with zero attached hydrogens (tertiary/aromatic N) is 1. The van der Waals surface area contributed by atoms with Gasteiger partial charge in [0.2, 0.25) is 0 Å². The minimum Gasteiger partial charge on any atom is -0.493 e. The van der Waals surface area contributed by atoms with Crippen molar-refractivity contribution < 1.29 is 9.47 Å². The number of benzene rings is 1. The Hall–Kier alpha value is -1.73. The number of rotatable bonds is 9. The average Bonchev–Trinajstić information content (AvgIpc) is 3.26. The van der Waals surface area contributed by atoms with E-state index in [1.807, 2.05) is 12.1 Å². The maximum Gasteiger partial charge on any atom is 0.161 e. The highest BCUT2D eigenvalue weighted by atomic mass is 16.5. The van der Waals surface area contributed by atoms with Crippen LogP contribution in [-0.4, -0.2) is 20.3 Å². The van der Waals surface area contributed by atoms with Crippen molar-refractivity contribution >= 4 is 0 Å². The third-order valence-electron chi connectivity index (χ3n) is 3.93. The van der Waals surface area contributed by atoms with Crippen LogP contribution in [-0.2, 0) is 6.54 Å².